The minimum atomic E-state index is 1.06. The van der Waals surface area contributed by atoms with Gasteiger partial charge in [-0.25, -0.2) is 0 Å². The zero-order chi connectivity index (χ0) is 27.9. The minimum absolute atomic E-state index is 1.06. The Labute approximate surface area is 244 Å². The fourth-order valence-corrected chi connectivity index (χ4v) is 6.23. The molecule has 0 unspecified atom stereocenters. The van der Waals surface area contributed by atoms with E-state index in [2.05, 4.69) is 137 Å². The normalized spacial score (nSPS) is 11.3. The Bertz CT molecular complexity index is 2180. The van der Waals surface area contributed by atoms with Crippen molar-refractivity contribution < 1.29 is 0 Å². The van der Waals surface area contributed by atoms with Crippen LogP contribution < -0.4 is 0 Å². The summed E-state index contributed by atoms with van der Waals surface area (Å²) in [5.41, 5.74) is 9.40. The molecule has 2 heterocycles. The molecule has 196 valence electrons. The molecule has 0 aliphatic rings. The molecule has 0 fully saturated rings. The predicted octanol–water partition coefficient (Wildman–Crippen LogP) is 10.6. The van der Waals surface area contributed by atoms with Gasteiger partial charge in [0, 0.05) is 41.5 Å². The molecule has 6 aromatic carbocycles. The van der Waals surface area contributed by atoms with Crippen molar-refractivity contribution in [1.29, 1.82) is 0 Å². The Kier molecular flexibility index (Phi) is 5.82. The maximum Gasteiger partial charge on any atom is 0.0347 e. The van der Waals surface area contributed by atoms with E-state index in [0.717, 1.165) is 22.3 Å². The van der Waals surface area contributed by atoms with Crippen LogP contribution in [0.2, 0.25) is 0 Å². The van der Waals surface area contributed by atoms with Crippen molar-refractivity contribution in [3.63, 3.8) is 0 Å². The highest BCUT2D eigenvalue weighted by molar-refractivity contribution is 6.21. The van der Waals surface area contributed by atoms with Gasteiger partial charge in [-0.2, -0.15) is 0 Å². The first-order valence-corrected chi connectivity index (χ1v) is 14.2. The van der Waals surface area contributed by atoms with Gasteiger partial charge >= 0.3 is 0 Å². The average molecular weight is 535 g/mol. The fourth-order valence-electron chi connectivity index (χ4n) is 6.23. The summed E-state index contributed by atoms with van der Waals surface area (Å²) in [5.74, 6) is 0. The summed E-state index contributed by atoms with van der Waals surface area (Å²) in [4.78, 5) is 8.80. The van der Waals surface area contributed by atoms with E-state index < -0.39 is 0 Å². The molecule has 2 heteroatoms. The van der Waals surface area contributed by atoms with E-state index in [4.69, 9.17) is 0 Å². The first-order chi connectivity index (χ1) is 20.8. The Morgan fingerprint density at radius 1 is 0.310 bits per heavy atom. The number of benzene rings is 6. The Hall–Kier alpha value is -5.60. The van der Waals surface area contributed by atoms with Crippen molar-refractivity contribution in [3.8, 4) is 44.5 Å². The third-order valence-electron chi connectivity index (χ3n) is 8.19. The lowest BCUT2D eigenvalue weighted by Gasteiger charge is -2.18. The summed E-state index contributed by atoms with van der Waals surface area (Å²) >= 11 is 0. The van der Waals surface area contributed by atoms with E-state index in [-0.39, 0.29) is 0 Å². The van der Waals surface area contributed by atoms with Crippen LogP contribution in [-0.2, 0) is 0 Å². The van der Waals surface area contributed by atoms with Crippen LogP contribution >= 0.6 is 0 Å². The van der Waals surface area contributed by atoms with Gasteiger partial charge in [-0.15, -0.1) is 0 Å². The summed E-state index contributed by atoms with van der Waals surface area (Å²) in [6.07, 6.45) is 7.50. The number of rotatable bonds is 4. The first-order valence-electron chi connectivity index (χ1n) is 14.2. The summed E-state index contributed by atoms with van der Waals surface area (Å²) in [5, 5.41) is 7.50. The molecule has 0 spiro atoms. The number of pyridine rings is 2. The van der Waals surface area contributed by atoms with Gasteiger partial charge in [0.2, 0.25) is 0 Å². The van der Waals surface area contributed by atoms with Gasteiger partial charge in [0.25, 0.3) is 0 Å². The van der Waals surface area contributed by atoms with Crippen LogP contribution in [0, 0.1) is 0 Å². The van der Waals surface area contributed by atoms with E-state index in [1.54, 1.807) is 6.20 Å². The maximum atomic E-state index is 4.53. The van der Waals surface area contributed by atoms with Crippen LogP contribution in [0.3, 0.4) is 0 Å². The van der Waals surface area contributed by atoms with Crippen LogP contribution in [-0.4, -0.2) is 9.97 Å². The highest BCUT2D eigenvalue weighted by Gasteiger charge is 2.16. The van der Waals surface area contributed by atoms with Crippen LogP contribution in [0.1, 0.15) is 0 Å². The molecule has 0 bridgehead atoms. The Balaban J connectivity index is 1.28. The average Bonchev–Trinajstić information content (AvgIpc) is 3.07. The SMILES string of the molecule is c1ccc(-c2c3ccccc3c(-c3ccc4cc(-c5cncc(-c6cccnc6)c5)ccc4c3)c3ccccc23)cc1. The molecular weight excluding hydrogens is 508 g/mol. The molecule has 42 heavy (non-hydrogen) atoms. The Morgan fingerprint density at radius 2 is 0.810 bits per heavy atom. The molecule has 0 amide bonds. The quantitative estimate of drug-likeness (QED) is 0.210. The number of hydrogen-bond donors (Lipinski definition) is 0. The van der Waals surface area contributed by atoms with Crippen molar-refractivity contribution >= 4 is 32.3 Å². The van der Waals surface area contributed by atoms with Crippen molar-refractivity contribution in [2.45, 2.75) is 0 Å². The van der Waals surface area contributed by atoms with Crippen LogP contribution in [0.4, 0.5) is 0 Å². The van der Waals surface area contributed by atoms with Gasteiger partial charge in [0.05, 0.1) is 0 Å². The van der Waals surface area contributed by atoms with Crippen LogP contribution in [0.25, 0.3) is 76.8 Å². The van der Waals surface area contributed by atoms with Gasteiger partial charge in [-0.3, -0.25) is 9.97 Å². The summed E-state index contributed by atoms with van der Waals surface area (Å²) in [7, 11) is 0. The zero-order valence-electron chi connectivity index (χ0n) is 22.9. The predicted molar refractivity (Wildman–Crippen MR) is 176 cm³/mol. The highest BCUT2D eigenvalue weighted by atomic mass is 14.6. The van der Waals surface area contributed by atoms with Crippen molar-refractivity contribution in [3.05, 3.63) is 158 Å². The molecule has 8 aromatic rings. The van der Waals surface area contributed by atoms with Gasteiger partial charge in [0.15, 0.2) is 0 Å². The summed E-state index contributed by atoms with van der Waals surface area (Å²) in [6, 6.07) is 48.1. The molecular formula is C40H26N2. The van der Waals surface area contributed by atoms with E-state index in [1.807, 2.05) is 24.7 Å². The largest absolute Gasteiger partial charge is 0.264 e. The summed E-state index contributed by atoms with van der Waals surface area (Å²) < 4.78 is 0. The fraction of sp³-hybridized carbons (Fsp3) is 0. The van der Waals surface area contributed by atoms with E-state index >= 15 is 0 Å². The number of nitrogens with zero attached hydrogens (tertiary/aromatic N) is 2. The summed E-state index contributed by atoms with van der Waals surface area (Å²) in [6.45, 7) is 0. The monoisotopic (exact) mass is 534 g/mol. The van der Waals surface area contributed by atoms with Crippen molar-refractivity contribution in [1.82, 2.24) is 9.97 Å². The van der Waals surface area contributed by atoms with E-state index in [0.29, 0.717) is 0 Å². The second kappa shape index (κ2) is 10.1. The molecule has 2 aromatic heterocycles. The van der Waals surface area contributed by atoms with Gasteiger partial charge in [-0.05, 0) is 84.4 Å². The smallest absolute Gasteiger partial charge is 0.0347 e. The van der Waals surface area contributed by atoms with Gasteiger partial charge in [0.1, 0.15) is 0 Å². The molecule has 0 atom stereocenters. The lowest BCUT2D eigenvalue weighted by Crippen LogP contribution is -1.91. The molecule has 2 nitrogen and oxygen atoms in total. The van der Waals surface area contributed by atoms with Crippen molar-refractivity contribution in [2.24, 2.45) is 0 Å². The van der Waals surface area contributed by atoms with Crippen LogP contribution in [0.15, 0.2) is 158 Å². The molecule has 0 radical (unpaired) electrons. The topological polar surface area (TPSA) is 25.8 Å². The van der Waals surface area contributed by atoms with Crippen molar-refractivity contribution in [2.75, 3.05) is 0 Å². The third kappa shape index (κ3) is 4.13. The highest BCUT2D eigenvalue weighted by Crippen LogP contribution is 2.44. The molecule has 0 N–H and O–H groups in total. The number of fused-ring (bicyclic) bond motifs is 3. The molecule has 0 saturated carbocycles. The Morgan fingerprint density at radius 3 is 1.43 bits per heavy atom. The van der Waals surface area contributed by atoms with Crippen LogP contribution in [0.5, 0.6) is 0 Å². The minimum Gasteiger partial charge on any atom is -0.264 e. The maximum absolute atomic E-state index is 4.53. The molecule has 8 rings (SSSR count). The molecule has 0 aliphatic carbocycles. The zero-order valence-corrected chi connectivity index (χ0v) is 22.9. The first kappa shape index (κ1) is 24.2. The standard InChI is InChI=1S/C40H26N2/c1-2-9-27(10-3-1)39-35-12-4-6-14-37(35)40(38-15-7-5-13-36(38)39)31-19-18-28-21-30(17-16-29(28)22-31)33-23-34(26-42-25-33)32-11-8-20-41-24-32/h1-26H. The second-order valence-corrected chi connectivity index (χ2v) is 10.7. The third-order valence-corrected chi connectivity index (χ3v) is 8.19. The lowest BCUT2D eigenvalue weighted by molar-refractivity contribution is 1.30. The van der Waals surface area contributed by atoms with E-state index in [9.17, 15) is 0 Å². The second-order valence-electron chi connectivity index (χ2n) is 10.7. The van der Waals surface area contributed by atoms with Gasteiger partial charge in [-0.1, -0.05) is 109 Å². The molecule has 0 saturated heterocycles. The van der Waals surface area contributed by atoms with E-state index in [1.165, 1.54) is 54.6 Å². The molecule has 0 aliphatic heterocycles. The number of hydrogen-bond acceptors (Lipinski definition) is 2. The number of aromatic nitrogens is 2. The lowest BCUT2D eigenvalue weighted by atomic mass is 9.85. The van der Waals surface area contributed by atoms with Gasteiger partial charge < -0.3 is 0 Å².